The number of methoxy groups -OCH3 is 1. The van der Waals surface area contributed by atoms with Gasteiger partial charge in [-0.05, 0) is 23.8 Å². The summed E-state index contributed by atoms with van der Waals surface area (Å²) in [6, 6.07) is 10.0. The smallest absolute Gasteiger partial charge is 0.229 e. The van der Waals surface area contributed by atoms with E-state index in [1.54, 1.807) is 30.9 Å². The fraction of sp³-hybridized carbons (Fsp3) is 0.280. The Labute approximate surface area is 218 Å². The number of benzene rings is 2. The molecule has 3 heterocycles. The molecule has 0 radical (unpaired) electrons. The van der Waals surface area contributed by atoms with Gasteiger partial charge in [-0.25, -0.2) is 4.98 Å². The molecular formula is C25H28ClN7O2S. The van der Waals surface area contributed by atoms with Crippen LogP contribution < -0.4 is 29.9 Å². The SMILES string of the molecule is COc1cc(N2CCNCC2)c2cc1Nc1ncc(Cl)c(n1)Nc1cc(ccc1N(C)[S+](C)[O-])/C=C\2. The molecule has 2 aliphatic heterocycles. The summed E-state index contributed by atoms with van der Waals surface area (Å²) in [5, 5.41) is 10.4. The molecule has 0 amide bonds. The first-order valence-corrected chi connectivity index (χ1v) is 13.5. The van der Waals surface area contributed by atoms with E-state index in [1.807, 2.05) is 18.2 Å². The second-order valence-corrected chi connectivity index (χ2v) is 10.3. The number of aromatic nitrogens is 2. The first-order valence-electron chi connectivity index (χ1n) is 11.6. The molecular weight excluding hydrogens is 498 g/mol. The molecule has 3 aromatic rings. The van der Waals surface area contributed by atoms with E-state index in [0.29, 0.717) is 22.5 Å². The van der Waals surface area contributed by atoms with E-state index in [2.05, 4.69) is 55.1 Å². The summed E-state index contributed by atoms with van der Waals surface area (Å²) in [6.45, 7) is 3.67. The number of hydrogen-bond donors (Lipinski definition) is 3. The highest BCUT2D eigenvalue weighted by Crippen LogP contribution is 2.38. The van der Waals surface area contributed by atoms with Crippen LogP contribution in [0.4, 0.5) is 34.5 Å². The fourth-order valence-electron chi connectivity index (χ4n) is 4.29. The topological polar surface area (TPSA) is 101 Å². The second kappa shape index (κ2) is 10.4. The van der Waals surface area contributed by atoms with Gasteiger partial charge in [-0.3, -0.25) is 0 Å². The highest BCUT2D eigenvalue weighted by atomic mass is 35.5. The maximum atomic E-state index is 12.2. The third kappa shape index (κ3) is 5.03. The Morgan fingerprint density at radius 3 is 2.67 bits per heavy atom. The molecule has 0 spiro atoms. The van der Waals surface area contributed by atoms with Gasteiger partial charge >= 0.3 is 0 Å². The summed E-state index contributed by atoms with van der Waals surface area (Å²) in [5.74, 6) is 1.50. The van der Waals surface area contributed by atoms with Gasteiger partial charge in [0.05, 0.1) is 43.1 Å². The Morgan fingerprint density at radius 2 is 1.92 bits per heavy atom. The molecule has 0 saturated carbocycles. The van der Waals surface area contributed by atoms with Crippen molar-refractivity contribution in [1.82, 2.24) is 15.3 Å². The van der Waals surface area contributed by atoms with E-state index < -0.39 is 11.4 Å². The number of ether oxygens (including phenoxy) is 1. The van der Waals surface area contributed by atoms with Crippen LogP contribution in [-0.2, 0) is 11.4 Å². The number of nitrogens with zero attached hydrogens (tertiary/aromatic N) is 4. The molecule has 1 fully saturated rings. The predicted molar refractivity (Wildman–Crippen MR) is 150 cm³/mol. The summed E-state index contributed by atoms with van der Waals surface area (Å²) in [6.07, 6.45) is 7.35. The Kier molecular flexibility index (Phi) is 7.10. The molecule has 1 aromatic heterocycles. The second-order valence-electron chi connectivity index (χ2n) is 8.52. The number of nitrogens with one attached hydrogen (secondary N) is 3. The molecule has 9 nitrogen and oxygen atoms in total. The number of piperazine rings is 1. The normalized spacial score (nSPS) is 16.4. The third-order valence-corrected chi connectivity index (χ3v) is 7.50. The van der Waals surface area contributed by atoms with Gasteiger partial charge in [0.25, 0.3) is 0 Å². The Bertz CT molecular complexity index is 1300. The zero-order valence-electron chi connectivity index (χ0n) is 20.3. The lowest BCUT2D eigenvalue weighted by Gasteiger charge is -2.31. The summed E-state index contributed by atoms with van der Waals surface area (Å²) in [4.78, 5) is 11.4. The zero-order valence-corrected chi connectivity index (χ0v) is 21.9. The molecule has 2 aliphatic rings. The van der Waals surface area contributed by atoms with Crippen LogP contribution in [0.5, 0.6) is 5.75 Å². The largest absolute Gasteiger partial charge is 0.593 e. The maximum Gasteiger partial charge on any atom is 0.229 e. The van der Waals surface area contributed by atoms with Gasteiger partial charge in [0, 0.05) is 43.5 Å². The van der Waals surface area contributed by atoms with Crippen molar-refractivity contribution in [3.63, 3.8) is 0 Å². The number of anilines is 6. The van der Waals surface area contributed by atoms with Gasteiger partial charge in [0.15, 0.2) is 5.82 Å². The first-order chi connectivity index (χ1) is 17.4. The first kappa shape index (κ1) is 24.5. The molecule has 188 valence electrons. The van der Waals surface area contributed by atoms with Crippen molar-refractivity contribution in [3.8, 4) is 5.75 Å². The van der Waals surface area contributed by atoms with E-state index in [1.165, 1.54) is 0 Å². The minimum absolute atomic E-state index is 0.365. The lowest BCUT2D eigenvalue weighted by molar-refractivity contribution is 0.416. The van der Waals surface area contributed by atoms with Gasteiger partial charge in [0.2, 0.25) is 5.95 Å². The molecule has 5 rings (SSSR count). The predicted octanol–water partition coefficient (Wildman–Crippen LogP) is 4.25. The molecule has 6 bridgehead atoms. The molecule has 1 unspecified atom stereocenters. The van der Waals surface area contributed by atoms with E-state index in [0.717, 1.165) is 60.1 Å². The van der Waals surface area contributed by atoms with Crippen LogP contribution in [0.3, 0.4) is 0 Å². The van der Waals surface area contributed by atoms with Gasteiger partial charge < -0.3 is 30.1 Å². The molecule has 36 heavy (non-hydrogen) atoms. The van der Waals surface area contributed by atoms with E-state index in [-0.39, 0.29) is 0 Å². The van der Waals surface area contributed by atoms with Crippen LogP contribution in [0, 0.1) is 0 Å². The van der Waals surface area contributed by atoms with Crippen molar-refractivity contribution in [2.45, 2.75) is 0 Å². The van der Waals surface area contributed by atoms with Gasteiger partial charge in [0.1, 0.15) is 22.7 Å². The van der Waals surface area contributed by atoms with Gasteiger partial charge in [-0.15, -0.1) is 0 Å². The number of hydrogen-bond acceptors (Lipinski definition) is 9. The van der Waals surface area contributed by atoms with Crippen LogP contribution >= 0.6 is 11.6 Å². The average Bonchev–Trinajstić information content (AvgIpc) is 2.89. The Hall–Kier alpha value is -3.18. The minimum atomic E-state index is -1.21. The van der Waals surface area contributed by atoms with E-state index in [4.69, 9.17) is 16.3 Å². The highest BCUT2D eigenvalue weighted by Gasteiger charge is 2.20. The molecule has 1 saturated heterocycles. The van der Waals surface area contributed by atoms with E-state index >= 15 is 0 Å². The maximum absolute atomic E-state index is 12.2. The molecule has 11 heteroatoms. The van der Waals surface area contributed by atoms with Crippen molar-refractivity contribution < 1.29 is 9.29 Å². The van der Waals surface area contributed by atoms with E-state index in [9.17, 15) is 4.55 Å². The molecule has 2 aromatic carbocycles. The van der Waals surface area contributed by atoms with Gasteiger partial charge in [-0.2, -0.15) is 9.29 Å². The molecule has 0 aliphatic carbocycles. The number of halogens is 1. The third-order valence-electron chi connectivity index (χ3n) is 6.25. The van der Waals surface area contributed by atoms with Crippen molar-refractivity contribution in [1.29, 1.82) is 0 Å². The highest BCUT2D eigenvalue weighted by molar-refractivity contribution is 7.92. The minimum Gasteiger partial charge on any atom is -0.593 e. The zero-order chi connectivity index (χ0) is 25.2. The number of rotatable bonds is 4. The summed E-state index contributed by atoms with van der Waals surface area (Å²) < 4.78 is 19.7. The van der Waals surface area contributed by atoms with Crippen molar-refractivity contribution in [3.05, 3.63) is 52.7 Å². The summed E-state index contributed by atoms with van der Waals surface area (Å²) in [5.41, 5.74) is 5.34. The van der Waals surface area contributed by atoms with Crippen LogP contribution in [0.15, 0.2) is 36.5 Å². The Morgan fingerprint density at radius 1 is 1.11 bits per heavy atom. The van der Waals surface area contributed by atoms with Gasteiger partial charge in [-0.1, -0.05) is 29.8 Å². The lowest BCUT2D eigenvalue weighted by Crippen LogP contribution is -2.43. The summed E-state index contributed by atoms with van der Waals surface area (Å²) >= 11 is 5.25. The fourth-order valence-corrected chi connectivity index (χ4v) is 4.86. The monoisotopic (exact) mass is 525 g/mol. The van der Waals surface area contributed by atoms with Crippen LogP contribution in [0.1, 0.15) is 11.1 Å². The van der Waals surface area contributed by atoms with Crippen LogP contribution in [0.2, 0.25) is 5.02 Å². The quantitative estimate of drug-likeness (QED) is 0.337. The van der Waals surface area contributed by atoms with Crippen LogP contribution in [-0.4, -0.2) is 61.1 Å². The van der Waals surface area contributed by atoms with Crippen molar-refractivity contribution in [2.75, 3.05) is 66.4 Å². The lowest BCUT2D eigenvalue weighted by atomic mass is 10.1. The van der Waals surface area contributed by atoms with Crippen molar-refractivity contribution in [2.24, 2.45) is 0 Å². The average molecular weight is 526 g/mol. The molecule has 1 atom stereocenters. The number of fused-ring (bicyclic) bond motifs is 6. The Balaban J connectivity index is 1.68. The standard InChI is InChI=1S/C25H28ClN7O2S/c1-32(36(3)34)21-7-5-16-4-6-17-13-20(23(35-2)14-22(17)33-10-8-27-9-11-33)30-25-28-15-18(26)24(31-25)29-19(21)12-16/h4-7,12-15,27H,8-11H2,1-3H3,(H2,28,29,30,31)/b6-4-. The van der Waals surface area contributed by atoms with Crippen LogP contribution in [0.25, 0.3) is 12.2 Å². The van der Waals surface area contributed by atoms with Crippen molar-refractivity contribution >= 4 is 69.6 Å². The molecule has 3 N–H and O–H groups in total. The summed E-state index contributed by atoms with van der Waals surface area (Å²) in [7, 11) is 3.44.